The van der Waals surface area contributed by atoms with Crippen LogP contribution in [0.3, 0.4) is 0 Å². The summed E-state index contributed by atoms with van der Waals surface area (Å²) in [4.78, 5) is 0. The molecule has 0 spiro atoms. The minimum atomic E-state index is -2.42. The largest absolute Gasteiger partial charge is 0.257 e. The Morgan fingerprint density at radius 3 is 0.765 bits per heavy atom. The zero-order valence-electron chi connectivity index (χ0n) is 15.2. The average molecular weight is 677 g/mol. The summed E-state index contributed by atoms with van der Waals surface area (Å²) in [6.45, 7) is -2.15. The predicted molar refractivity (Wildman–Crippen MR) is 134 cm³/mol. The van der Waals surface area contributed by atoms with E-state index in [2.05, 4.69) is 0 Å². The molecule has 16 heteroatoms. The zero-order valence-corrected chi connectivity index (χ0v) is 22.8. The Kier molecular flexibility index (Phi) is 8.96. The second kappa shape index (κ2) is 10.6. The molecule has 0 saturated carbocycles. The van der Waals surface area contributed by atoms with Crippen LogP contribution in [0.2, 0.25) is 50.2 Å². The second-order valence-corrected chi connectivity index (χ2v) is 10.2. The number of halogens is 15. The van der Waals surface area contributed by atoms with Gasteiger partial charge in [-0.25, -0.2) is 22.0 Å². The summed E-state index contributed by atoms with van der Waals surface area (Å²) in [6.07, 6.45) is 0. The van der Waals surface area contributed by atoms with Gasteiger partial charge in [-0.05, 0) is 10.9 Å². The molecule has 0 N–H and O–H groups in total. The van der Waals surface area contributed by atoms with E-state index in [0.29, 0.717) is 0 Å². The second-order valence-electron chi connectivity index (χ2n) is 6.38. The van der Waals surface area contributed by atoms with Crippen molar-refractivity contribution in [2.75, 3.05) is 0 Å². The molecule has 0 aliphatic rings. The predicted octanol–water partition coefficient (Wildman–Crippen LogP) is 9.43. The highest BCUT2D eigenvalue weighted by atomic mass is 35.5. The van der Waals surface area contributed by atoms with Crippen LogP contribution in [-0.4, -0.2) is 6.71 Å². The minimum absolute atomic E-state index is 0.359. The summed E-state index contributed by atoms with van der Waals surface area (Å²) in [7, 11) is 0. The van der Waals surface area contributed by atoms with E-state index in [1.54, 1.807) is 0 Å². The smallest absolute Gasteiger partial charge is 0.204 e. The maximum Gasteiger partial charge on any atom is 0.257 e. The van der Waals surface area contributed by atoms with Crippen molar-refractivity contribution in [1.82, 2.24) is 0 Å². The van der Waals surface area contributed by atoms with Crippen molar-refractivity contribution in [3.05, 3.63) is 79.3 Å². The molecule has 0 unspecified atom stereocenters. The molecule has 3 aromatic carbocycles. The fourth-order valence-corrected chi connectivity index (χ4v) is 5.80. The molecule has 3 rings (SSSR count). The van der Waals surface area contributed by atoms with Crippen LogP contribution in [0.15, 0.2) is 0 Å². The van der Waals surface area contributed by atoms with E-state index in [4.69, 9.17) is 116 Å². The highest BCUT2D eigenvalue weighted by molar-refractivity contribution is 7.00. The molecule has 0 fully saturated rings. The molecule has 0 aromatic heterocycles. The molecule has 3 aromatic rings. The normalized spacial score (nSPS) is 11.4. The fourth-order valence-electron chi connectivity index (χ4n) is 3.06. The van der Waals surface area contributed by atoms with E-state index < -0.39 is 92.4 Å². The van der Waals surface area contributed by atoms with Crippen LogP contribution >= 0.6 is 116 Å². The Morgan fingerprint density at radius 2 is 0.500 bits per heavy atom. The topological polar surface area (TPSA) is 0 Å². The van der Waals surface area contributed by atoms with Gasteiger partial charge in [-0.2, -0.15) is 0 Å². The zero-order chi connectivity index (χ0) is 26.0. The Labute approximate surface area is 238 Å². The third kappa shape index (κ3) is 4.44. The lowest BCUT2D eigenvalue weighted by atomic mass is 9.36. The first-order chi connectivity index (χ1) is 15.7. The summed E-state index contributed by atoms with van der Waals surface area (Å²) >= 11 is 61.2. The highest BCUT2D eigenvalue weighted by Crippen LogP contribution is 2.42. The molecule has 34 heavy (non-hydrogen) atoms. The first-order valence-corrected chi connectivity index (χ1v) is 12.0. The van der Waals surface area contributed by atoms with E-state index in [9.17, 15) is 13.2 Å². The van der Waals surface area contributed by atoms with Crippen molar-refractivity contribution in [2.45, 2.75) is 0 Å². The first kappa shape index (κ1) is 28.8. The maximum atomic E-state index is 15.0. The van der Waals surface area contributed by atoms with Crippen molar-refractivity contribution in [2.24, 2.45) is 0 Å². The van der Waals surface area contributed by atoms with Gasteiger partial charge in [-0.1, -0.05) is 116 Å². The molecule has 0 aliphatic heterocycles. The summed E-state index contributed by atoms with van der Waals surface area (Å²) in [6, 6.07) is 0. The van der Waals surface area contributed by atoms with Crippen LogP contribution < -0.4 is 16.4 Å². The Morgan fingerprint density at radius 1 is 0.294 bits per heavy atom. The van der Waals surface area contributed by atoms with Crippen LogP contribution in [0, 0.1) is 29.1 Å². The third-order valence-electron chi connectivity index (χ3n) is 4.60. The molecule has 180 valence electrons. The summed E-state index contributed by atoms with van der Waals surface area (Å²) in [5.74, 6) is -11.5. The van der Waals surface area contributed by atoms with Crippen molar-refractivity contribution in [3.63, 3.8) is 0 Å². The Balaban J connectivity index is 2.68. The van der Waals surface area contributed by atoms with Gasteiger partial charge in [0.15, 0.2) is 29.1 Å². The third-order valence-corrected chi connectivity index (χ3v) is 9.21. The fraction of sp³-hybridized carbons (Fsp3) is 0. The monoisotopic (exact) mass is 672 g/mol. The van der Waals surface area contributed by atoms with Crippen molar-refractivity contribution in [1.29, 1.82) is 0 Å². The van der Waals surface area contributed by atoms with Gasteiger partial charge in [-0.15, -0.1) is 0 Å². The molecule has 0 heterocycles. The van der Waals surface area contributed by atoms with Gasteiger partial charge in [0.05, 0.1) is 50.2 Å². The lowest BCUT2D eigenvalue weighted by molar-refractivity contribution is 0.384. The lowest BCUT2D eigenvalue weighted by Gasteiger charge is -2.24. The molecule has 0 atom stereocenters. The van der Waals surface area contributed by atoms with Crippen LogP contribution in [0.5, 0.6) is 0 Å². The number of rotatable bonds is 3. The van der Waals surface area contributed by atoms with Gasteiger partial charge in [0.2, 0.25) is 0 Å². The summed E-state index contributed by atoms with van der Waals surface area (Å²) in [5, 5.41) is -4.81. The lowest BCUT2D eigenvalue weighted by Crippen LogP contribution is -2.57. The maximum absolute atomic E-state index is 15.0. The van der Waals surface area contributed by atoms with E-state index in [-0.39, 0.29) is 10.0 Å². The summed E-state index contributed by atoms with van der Waals surface area (Å²) < 4.78 is 72.3. The molecule has 0 bridgehead atoms. The van der Waals surface area contributed by atoms with E-state index in [1.807, 2.05) is 0 Å². The molecule has 0 radical (unpaired) electrons. The minimum Gasteiger partial charge on any atom is -0.204 e. The number of hydrogen-bond donors (Lipinski definition) is 0. The van der Waals surface area contributed by atoms with Gasteiger partial charge in [-0.3, -0.25) is 0 Å². The van der Waals surface area contributed by atoms with Gasteiger partial charge in [0.1, 0.15) is 0 Å². The van der Waals surface area contributed by atoms with Crippen LogP contribution in [0.25, 0.3) is 0 Å². The number of benzene rings is 3. The van der Waals surface area contributed by atoms with E-state index >= 15 is 8.78 Å². The SMILES string of the molecule is Fc1c(F)c(F)c(B(c2c(Cl)c(Cl)c(Cl)c(Cl)c2Cl)c2c(Cl)c(Cl)c(Cl)c(Cl)c2Cl)c(F)c1F. The van der Waals surface area contributed by atoms with Crippen molar-refractivity contribution >= 4 is 139 Å². The van der Waals surface area contributed by atoms with E-state index in [0.717, 1.165) is 0 Å². The first-order valence-electron chi connectivity index (χ1n) is 8.20. The molecule has 0 nitrogen and oxygen atoms in total. The van der Waals surface area contributed by atoms with Gasteiger partial charge in [0.25, 0.3) is 6.71 Å². The van der Waals surface area contributed by atoms with Crippen LogP contribution in [0.4, 0.5) is 22.0 Å². The molecular formula is C18BCl10F5. The standard InChI is InChI=1S/C18BCl10F5/c20-4-1(5(21)9(25)12(28)8(4)24)19(2-6(22)10(26)13(29)11(27)7(2)23)3-14(30)16(32)18(34)17(33)15(3)31. The van der Waals surface area contributed by atoms with Crippen molar-refractivity contribution in [3.8, 4) is 0 Å². The molecule has 0 amide bonds. The van der Waals surface area contributed by atoms with Crippen LogP contribution in [-0.2, 0) is 0 Å². The average Bonchev–Trinajstić information content (AvgIpc) is 2.81. The molecule has 0 aliphatic carbocycles. The highest BCUT2D eigenvalue weighted by Gasteiger charge is 2.41. The Bertz CT molecular complexity index is 1130. The van der Waals surface area contributed by atoms with Gasteiger partial charge >= 0.3 is 0 Å². The number of hydrogen-bond acceptors (Lipinski definition) is 0. The van der Waals surface area contributed by atoms with Crippen molar-refractivity contribution < 1.29 is 22.0 Å². The summed E-state index contributed by atoms with van der Waals surface area (Å²) in [5.41, 5.74) is -2.60. The van der Waals surface area contributed by atoms with Gasteiger partial charge in [0, 0.05) is 5.46 Å². The quantitative estimate of drug-likeness (QED) is 0.112. The Hall–Kier alpha value is 0.275. The van der Waals surface area contributed by atoms with Gasteiger partial charge < -0.3 is 0 Å². The molecule has 0 saturated heterocycles. The van der Waals surface area contributed by atoms with Crippen LogP contribution in [0.1, 0.15) is 0 Å². The van der Waals surface area contributed by atoms with E-state index in [1.165, 1.54) is 0 Å². The molecular weight excluding hydrogens is 677 g/mol.